The molecular formula is C12H15BrFNO. The summed E-state index contributed by atoms with van der Waals surface area (Å²) in [6, 6.07) is 4.53. The van der Waals surface area contributed by atoms with Crippen LogP contribution in [0.25, 0.3) is 0 Å². The molecule has 1 rings (SSSR count). The molecule has 0 aliphatic rings. The Balaban J connectivity index is 2.92. The Morgan fingerprint density at radius 1 is 1.56 bits per heavy atom. The number of hydrogen-bond donors (Lipinski definition) is 0. The summed E-state index contributed by atoms with van der Waals surface area (Å²) in [5.41, 5.74) is 1.01. The maximum Gasteiger partial charge on any atom is 0.253 e. The van der Waals surface area contributed by atoms with Crippen molar-refractivity contribution in [3.05, 3.63) is 35.1 Å². The average molecular weight is 288 g/mol. The van der Waals surface area contributed by atoms with E-state index in [1.165, 1.54) is 12.1 Å². The van der Waals surface area contributed by atoms with Crippen LogP contribution in [0, 0.1) is 12.7 Å². The Hall–Kier alpha value is -0.900. The van der Waals surface area contributed by atoms with Crippen LogP contribution in [0.4, 0.5) is 4.39 Å². The number of nitrogens with zero attached hydrogens (tertiary/aromatic N) is 1. The molecule has 0 aromatic heterocycles. The molecular weight excluding hydrogens is 273 g/mol. The second-order valence-electron chi connectivity index (χ2n) is 3.88. The van der Waals surface area contributed by atoms with Crippen molar-refractivity contribution in [2.24, 2.45) is 0 Å². The van der Waals surface area contributed by atoms with Crippen LogP contribution in [0.1, 0.15) is 22.8 Å². The molecule has 16 heavy (non-hydrogen) atoms. The van der Waals surface area contributed by atoms with Crippen molar-refractivity contribution in [1.82, 2.24) is 4.90 Å². The Bertz CT molecular complexity index is 395. The minimum absolute atomic E-state index is 0.0879. The van der Waals surface area contributed by atoms with E-state index in [9.17, 15) is 9.18 Å². The Morgan fingerprint density at radius 2 is 2.19 bits per heavy atom. The van der Waals surface area contributed by atoms with E-state index in [1.54, 1.807) is 24.9 Å². The number of rotatable bonds is 3. The monoisotopic (exact) mass is 287 g/mol. The summed E-state index contributed by atoms with van der Waals surface area (Å²) >= 11 is 3.33. The number of amides is 1. The molecule has 0 spiro atoms. The van der Waals surface area contributed by atoms with Crippen LogP contribution in [0.2, 0.25) is 0 Å². The van der Waals surface area contributed by atoms with Gasteiger partial charge < -0.3 is 4.90 Å². The summed E-state index contributed by atoms with van der Waals surface area (Å²) in [7, 11) is 1.74. The lowest BCUT2D eigenvalue weighted by atomic mass is 10.1. The van der Waals surface area contributed by atoms with Gasteiger partial charge in [0.15, 0.2) is 0 Å². The van der Waals surface area contributed by atoms with Gasteiger partial charge in [-0.2, -0.15) is 0 Å². The number of alkyl halides is 1. The van der Waals surface area contributed by atoms with Gasteiger partial charge in [0, 0.05) is 24.0 Å². The fraction of sp³-hybridized carbons (Fsp3) is 0.417. The highest BCUT2D eigenvalue weighted by Crippen LogP contribution is 2.12. The lowest BCUT2D eigenvalue weighted by Crippen LogP contribution is -2.36. The number of halogens is 2. The van der Waals surface area contributed by atoms with Crippen LogP contribution >= 0.6 is 15.9 Å². The van der Waals surface area contributed by atoms with Crippen molar-refractivity contribution in [2.45, 2.75) is 19.9 Å². The third-order valence-corrected chi connectivity index (χ3v) is 3.55. The zero-order valence-corrected chi connectivity index (χ0v) is 11.2. The van der Waals surface area contributed by atoms with Crippen LogP contribution in [-0.2, 0) is 0 Å². The third kappa shape index (κ3) is 2.82. The lowest BCUT2D eigenvalue weighted by molar-refractivity contribution is 0.0758. The molecule has 0 saturated carbocycles. The van der Waals surface area contributed by atoms with E-state index in [-0.39, 0.29) is 17.8 Å². The molecule has 1 aromatic rings. The van der Waals surface area contributed by atoms with Crippen LogP contribution in [-0.4, -0.2) is 29.2 Å². The van der Waals surface area contributed by atoms with E-state index in [2.05, 4.69) is 15.9 Å². The van der Waals surface area contributed by atoms with Gasteiger partial charge >= 0.3 is 0 Å². The number of hydrogen-bond acceptors (Lipinski definition) is 1. The van der Waals surface area contributed by atoms with Crippen LogP contribution in [0.5, 0.6) is 0 Å². The predicted octanol–water partition coefficient (Wildman–Crippen LogP) is 2.99. The Labute approximate surface area is 104 Å². The molecule has 1 unspecified atom stereocenters. The number of benzene rings is 1. The van der Waals surface area contributed by atoms with E-state index in [0.29, 0.717) is 11.1 Å². The number of carbonyl (C=O) groups is 1. The van der Waals surface area contributed by atoms with E-state index < -0.39 is 0 Å². The average Bonchev–Trinajstić information content (AvgIpc) is 2.29. The van der Waals surface area contributed by atoms with E-state index >= 15 is 0 Å². The van der Waals surface area contributed by atoms with Crippen LogP contribution < -0.4 is 0 Å². The molecule has 0 heterocycles. The molecule has 0 bridgehead atoms. The first-order chi connectivity index (χ1) is 7.47. The summed E-state index contributed by atoms with van der Waals surface area (Å²) in [6.07, 6.45) is 0. The molecule has 0 fully saturated rings. The topological polar surface area (TPSA) is 20.3 Å². The summed E-state index contributed by atoms with van der Waals surface area (Å²) in [5, 5.41) is 0.718. The van der Waals surface area contributed by atoms with Gasteiger partial charge in [-0.25, -0.2) is 4.39 Å². The quantitative estimate of drug-likeness (QED) is 0.783. The molecule has 0 N–H and O–H groups in total. The first-order valence-corrected chi connectivity index (χ1v) is 6.18. The SMILES string of the molecule is Cc1cc(C(=O)N(C)C(C)CBr)ccc1F. The van der Waals surface area contributed by atoms with Gasteiger partial charge in [0.2, 0.25) is 0 Å². The lowest BCUT2D eigenvalue weighted by Gasteiger charge is -2.23. The van der Waals surface area contributed by atoms with Gasteiger partial charge in [-0.05, 0) is 37.6 Å². The summed E-state index contributed by atoms with van der Waals surface area (Å²) in [6.45, 7) is 3.60. The first kappa shape index (κ1) is 13.2. The van der Waals surface area contributed by atoms with Crippen LogP contribution in [0.15, 0.2) is 18.2 Å². The molecule has 88 valence electrons. The summed E-state index contributed by atoms with van der Waals surface area (Å²) in [5.74, 6) is -0.372. The highest BCUT2D eigenvalue weighted by Gasteiger charge is 2.17. The maximum absolute atomic E-state index is 13.1. The van der Waals surface area contributed by atoms with Gasteiger partial charge in [0.1, 0.15) is 5.82 Å². The zero-order chi connectivity index (χ0) is 12.3. The van der Waals surface area contributed by atoms with E-state index in [4.69, 9.17) is 0 Å². The Kier molecular flexibility index (Phi) is 4.47. The minimum atomic E-state index is -0.284. The van der Waals surface area contributed by atoms with Crippen molar-refractivity contribution < 1.29 is 9.18 Å². The highest BCUT2D eigenvalue weighted by molar-refractivity contribution is 9.09. The van der Waals surface area contributed by atoms with Gasteiger partial charge in [-0.3, -0.25) is 4.79 Å². The second kappa shape index (κ2) is 5.43. The largest absolute Gasteiger partial charge is 0.338 e. The molecule has 0 aliphatic carbocycles. The highest BCUT2D eigenvalue weighted by atomic mass is 79.9. The standard InChI is InChI=1S/C12H15BrFNO/c1-8-6-10(4-5-11(8)14)12(16)15(3)9(2)7-13/h4-6,9H,7H2,1-3H3. The molecule has 1 aromatic carbocycles. The van der Waals surface area contributed by atoms with Gasteiger partial charge in [0.05, 0.1) is 0 Å². The van der Waals surface area contributed by atoms with E-state index in [0.717, 1.165) is 5.33 Å². The molecule has 4 heteroatoms. The first-order valence-electron chi connectivity index (χ1n) is 5.06. The molecule has 0 radical (unpaired) electrons. The predicted molar refractivity (Wildman–Crippen MR) is 66.5 cm³/mol. The third-order valence-electron chi connectivity index (χ3n) is 2.61. The van der Waals surface area contributed by atoms with Crippen molar-refractivity contribution in [3.63, 3.8) is 0 Å². The van der Waals surface area contributed by atoms with Crippen molar-refractivity contribution >= 4 is 21.8 Å². The van der Waals surface area contributed by atoms with Crippen LogP contribution in [0.3, 0.4) is 0 Å². The number of aryl methyl sites for hydroxylation is 1. The minimum Gasteiger partial charge on any atom is -0.338 e. The summed E-state index contributed by atoms with van der Waals surface area (Å²) in [4.78, 5) is 13.6. The summed E-state index contributed by atoms with van der Waals surface area (Å²) < 4.78 is 13.1. The molecule has 0 saturated heterocycles. The normalized spacial score (nSPS) is 12.3. The van der Waals surface area contributed by atoms with Gasteiger partial charge in [-0.1, -0.05) is 15.9 Å². The molecule has 1 atom stereocenters. The van der Waals surface area contributed by atoms with Crippen molar-refractivity contribution in [1.29, 1.82) is 0 Å². The molecule has 1 amide bonds. The van der Waals surface area contributed by atoms with Crippen molar-refractivity contribution in [3.8, 4) is 0 Å². The number of carbonyl (C=O) groups excluding carboxylic acids is 1. The zero-order valence-electron chi connectivity index (χ0n) is 9.63. The van der Waals surface area contributed by atoms with E-state index in [1.807, 2.05) is 6.92 Å². The molecule has 2 nitrogen and oxygen atoms in total. The smallest absolute Gasteiger partial charge is 0.253 e. The fourth-order valence-electron chi connectivity index (χ4n) is 1.29. The molecule has 0 aliphatic heterocycles. The van der Waals surface area contributed by atoms with Crippen molar-refractivity contribution in [2.75, 3.05) is 12.4 Å². The Morgan fingerprint density at radius 3 is 2.69 bits per heavy atom. The fourth-order valence-corrected chi connectivity index (χ4v) is 1.72. The van der Waals surface area contributed by atoms with Gasteiger partial charge in [0.25, 0.3) is 5.91 Å². The maximum atomic E-state index is 13.1. The second-order valence-corrected chi connectivity index (χ2v) is 4.53. The van der Waals surface area contributed by atoms with Gasteiger partial charge in [-0.15, -0.1) is 0 Å².